The van der Waals surface area contributed by atoms with E-state index in [0.717, 1.165) is 51.7 Å². The van der Waals surface area contributed by atoms with Crippen molar-refractivity contribution in [1.82, 2.24) is 10.2 Å². The Morgan fingerprint density at radius 2 is 1.69 bits per heavy atom. The fraction of sp³-hybridized carbons (Fsp3) is 0.435. The van der Waals surface area contributed by atoms with Gasteiger partial charge in [-0.15, -0.1) is 0 Å². The van der Waals surface area contributed by atoms with Gasteiger partial charge in [-0.1, -0.05) is 54.6 Å². The van der Waals surface area contributed by atoms with Crippen molar-refractivity contribution in [3.05, 3.63) is 71.3 Å². The van der Waals surface area contributed by atoms with Crippen LogP contribution in [0.5, 0.6) is 0 Å². The van der Waals surface area contributed by atoms with Gasteiger partial charge in [0.1, 0.15) is 0 Å². The van der Waals surface area contributed by atoms with Crippen molar-refractivity contribution in [1.29, 1.82) is 0 Å². The summed E-state index contributed by atoms with van der Waals surface area (Å²) in [7, 11) is 0. The van der Waals surface area contributed by atoms with Gasteiger partial charge in [0.15, 0.2) is 0 Å². The third-order valence-corrected chi connectivity index (χ3v) is 5.87. The molecule has 0 bridgehead atoms. The molecule has 3 heteroatoms. The first-order valence-corrected chi connectivity index (χ1v) is 9.94. The van der Waals surface area contributed by atoms with E-state index in [4.69, 9.17) is 0 Å². The fourth-order valence-corrected chi connectivity index (χ4v) is 4.41. The van der Waals surface area contributed by atoms with Crippen LogP contribution in [0, 0.1) is 0 Å². The second kappa shape index (κ2) is 8.05. The van der Waals surface area contributed by atoms with Gasteiger partial charge >= 0.3 is 0 Å². The van der Waals surface area contributed by atoms with Crippen LogP contribution in [0.3, 0.4) is 0 Å². The summed E-state index contributed by atoms with van der Waals surface area (Å²) >= 11 is 0. The van der Waals surface area contributed by atoms with Crippen LogP contribution >= 0.6 is 0 Å². The molecule has 136 valence electrons. The summed E-state index contributed by atoms with van der Waals surface area (Å²) in [4.78, 5) is 15.4. The summed E-state index contributed by atoms with van der Waals surface area (Å²) < 4.78 is 0. The standard InChI is InChI=1S/C23H28N2O/c26-23(22-12-6-10-19-9-4-5-11-21(19)22)24-20-13-15-25(16-14-20)17-18-7-2-1-3-8-18/h1-5,7-9,11,20,22H,6,10,12-17H2,(H,24,26). The molecule has 1 aliphatic heterocycles. The molecule has 0 aromatic heterocycles. The minimum atomic E-state index is 0.0438. The summed E-state index contributed by atoms with van der Waals surface area (Å²) in [5, 5.41) is 3.35. The lowest BCUT2D eigenvalue weighted by Crippen LogP contribution is -2.46. The molecule has 2 aromatic carbocycles. The Balaban J connectivity index is 1.30. The lowest BCUT2D eigenvalue weighted by molar-refractivity contribution is -0.123. The third kappa shape index (κ3) is 3.99. The first kappa shape index (κ1) is 17.3. The average Bonchev–Trinajstić information content (AvgIpc) is 2.70. The molecule has 0 spiro atoms. The monoisotopic (exact) mass is 348 g/mol. The number of carbonyl (C=O) groups is 1. The predicted octanol–water partition coefficient (Wildman–Crippen LogP) is 3.89. The van der Waals surface area contributed by atoms with E-state index >= 15 is 0 Å². The van der Waals surface area contributed by atoms with Gasteiger partial charge in [0.05, 0.1) is 5.92 Å². The van der Waals surface area contributed by atoms with Crippen molar-refractivity contribution in [2.45, 2.75) is 50.6 Å². The highest BCUT2D eigenvalue weighted by atomic mass is 16.1. The van der Waals surface area contributed by atoms with Crippen LogP contribution in [0.4, 0.5) is 0 Å². The van der Waals surface area contributed by atoms with Gasteiger partial charge in [-0.3, -0.25) is 9.69 Å². The second-order valence-corrected chi connectivity index (χ2v) is 7.69. The third-order valence-electron chi connectivity index (χ3n) is 5.87. The first-order chi connectivity index (χ1) is 12.8. The van der Waals surface area contributed by atoms with Crippen molar-refractivity contribution in [3.63, 3.8) is 0 Å². The number of piperidine rings is 1. The Morgan fingerprint density at radius 1 is 0.962 bits per heavy atom. The van der Waals surface area contributed by atoms with E-state index in [1.54, 1.807) is 0 Å². The number of fused-ring (bicyclic) bond motifs is 1. The zero-order valence-corrected chi connectivity index (χ0v) is 15.4. The van der Waals surface area contributed by atoms with Crippen molar-refractivity contribution in [3.8, 4) is 0 Å². The van der Waals surface area contributed by atoms with Crippen LogP contribution < -0.4 is 5.32 Å². The molecular weight excluding hydrogens is 320 g/mol. The van der Waals surface area contributed by atoms with Gasteiger partial charge in [-0.05, 0) is 48.8 Å². The van der Waals surface area contributed by atoms with Crippen molar-refractivity contribution >= 4 is 5.91 Å². The highest BCUT2D eigenvalue weighted by Crippen LogP contribution is 2.31. The number of nitrogens with one attached hydrogen (secondary N) is 1. The predicted molar refractivity (Wildman–Crippen MR) is 105 cm³/mol. The van der Waals surface area contributed by atoms with Gasteiger partial charge in [0, 0.05) is 25.7 Å². The highest BCUT2D eigenvalue weighted by Gasteiger charge is 2.28. The maximum absolute atomic E-state index is 12.9. The molecule has 1 unspecified atom stereocenters. The number of amides is 1. The summed E-state index contributed by atoms with van der Waals surface area (Å²) in [5.74, 6) is 0.279. The zero-order valence-electron chi connectivity index (χ0n) is 15.4. The number of hydrogen-bond acceptors (Lipinski definition) is 2. The molecule has 1 heterocycles. The van der Waals surface area contributed by atoms with Crippen molar-refractivity contribution in [2.75, 3.05) is 13.1 Å². The maximum atomic E-state index is 12.9. The SMILES string of the molecule is O=C(NC1CCN(Cc2ccccc2)CC1)C1CCCc2ccccc21. The quantitative estimate of drug-likeness (QED) is 0.909. The van der Waals surface area contributed by atoms with Gasteiger partial charge in [0.25, 0.3) is 0 Å². The number of aryl methyl sites for hydroxylation is 1. The number of benzene rings is 2. The lowest BCUT2D eigenvalue weighted by atomic mass is 9.82. The maximum Gasteiger partial charge on any atom is 0.227 e. The number of carbonyl (C=O) groups excluding carboxylic acids is 1. The average molecular weight is 348 g/mol. The van der Waals surface area contributed by atoms with Gasteiger partial charge in [-0.2, -0.15) is 0 Å². The number of nitrogens with zero attached hydrogens (tertiary/aromatic N) is 1. The molecular formula is C23H28N2O. The topological polar surface area (TPSA) is 32.3 Å². The Hall–Kier alpha value is -2.13. The van der Waals surface area contributed by atoms with Crippen LogP contribution in [0.15, 0.2) is 54.6 Å². The largest absolute Gasteiger partial charge is 0.353 e. The summed E-state index contributed by atoms with van der Waals surface area (Å²) in [5.41, 5.74) is 3.98. The highest BCUT2D eigenvalue weighted by molar-refractivity contribution is 5.84. The van der Waals surface area contributed by atoms with Crippen LogP contribution in [-0.2, 0) is 17.8 Å². The Bertz CT molecular complexity index is 735. The molecule has 1 N–H and O–H groups in total. The van der Waals surface area contributed by atoms with E-state index in [-0.39, 0.29) is 11.8 Å². The molecule has 1 saturated heterocycles. The number of hydrogen-bond donors (Lipinski definition) is 1. The fourth-order valence-electron chi connectivity index (χ4n) is 4.41. The molecule has 3 nitrogen and oxygen atoms in total. The van der Waals surface area contributed by atoms with Crippen molar-refractivity contribution < 1.29 is 4.79 Å². The second-order valence-electron chi connectivity index (χ2n) is 7.69. The number of rotatable bonds is 4. The summed E-state index contributed by atoms with van der Waals surface area (Å²) in [6, 6.07) is 19.4. The van der Waals surface area contributed by atoms with E-state index in [0.29, 0.717) is 6.04 Å². The smallest absolute Gasteiger partial charge is 0.227 e. The normalized spacial score (nSPS) is 21.2. The molecule has 2 aliphatic rings. The number of likely N-dealkylation sites (tertiary alicyclic amines) is 1. The van der Waals surface area contributed by atoms with Crippen LogP contribution in [0.1, 0.15) is 48.3 Å². The minimum absolute atomic E-state index is 0.0438. The van der Waals surface area contributed by atoms with Gasteiger partial charge < -0.3 is 5.32 Å². The molecule has 1 aliphatic carbocycles. The van der Waals surface area contributed by atoms with Gasteiger partial charge in [-0.25, -0.2) is 0 Å². The zero-order chi connectivity index (χ0) is 17.8. The molecule has 26 heavy (non-hydrogen) atoms. The van der Waals surface area contributed by atoms with Crippen LogP contribution in [-0.4, -0.2) is 29.9 Å². The summed E-state index contributed by atoms with van der Waals surface area (Å²) in [6.07, 6.45) is 5.30. The first-order valence-electron chi connectivity index (χ1n) is 9.94. The molecule has 1 amide bonds. The Labute approximate surface area is 156 Å². The summed E-state index contributed by atoms with van der Waals surface area (Å²) in [6.45, 7) is 3.12. The molecule has 1 atom stereocenters. The van der Waals surface area contributed by atoms with E-state index in [9.17, 15) is 4.79 Å². The van der Waals surface area contributed by atoms with Crippen LogP contribution in [0.2, 0.25) is 0 Å². The minimum Gasteiger partial charge on any atom is -0.353 e. The van der Waals surface area contributed by atoms with E-state index in [1.807, 2.05) is 0 Å². The molecule has 2 aromatic rings. The van der Waals surface area contributed by atoms with E-state index in [2.05, 4.69) is 64.8 Å². The van der Waals surface area contributed by atoms with E-state index < -0.39 is 0 Å². The van der Waals surface area contributed by atoms with E-state index in [1.165, 1.54) is 16.7 Å². The molecule has 1 fully saturated rings. The molecule has 0 saturated carbocycles. The Kier molecular flexibility index (Phi) is 5.35. The van der Waals surface area contributed by atoms with Crippen LogP contribution in [0.25, 0.3) is 0 Å². The molecule has 0 radical (unpaired) electrons. The van der Waals surface area contributed by atoms with Crippen molar-refractivity contribution in [2.24, 2.45) is 0 Å². The molecule has 4 rings (SSSR count). The lowest BCUT2D eigenvalue weighted by Gasteiger charge is -2.34. The Morgan fingerprint density at radius 3 is 2.50 bits per heavy atom. The van der Waals surface area contributed by atoms with Gasteiger partial charge in [0.2, 0.25) is 5.91 Å².